The Balaban J connectivity index is 1.53. The van der Waals surface area contributed by atoms with Crippen LogP contribution in [-0.4, -0.2) is 29.5 Å². The van der Waals surface area contributed by atoms with Crippen molar-refractivity contribution in [1.82, 2.24) is 10.3 Å². The van der Waals surface area contributed by atoms with E-state index in [1.54, 1.807) is 19.2 Å². The molecule has 3 aromatic rings. The second kappa shape index (κ2) is 10.6. The molecule has 1 amide bonds. The van der Waals surface area contributed by atoms with E-state index in [-0.39, 0.29) is 18.9 Å². The minimum atomic E-state index is -0.666. The van der Waals surface area contributed by atoms with E-state index in [1.807, 2.05) is 36.4 Å². The van der Waals surface area contributed by atoms with E-state index in [2.05, 4.69) is 10.3 Å². The number of carbonyl (C=O) groups is 1. The Hall–Kier alpha value is -4.14. The molecule has 31 heavy (non-hydrogen) atoms. The molecule has 0 saturated heterocycles. The van der Waals surface area contributed by atoms with Crippen molar-refractivity contribution in [3.05, 3.63) is 88.1 Å². The van der Waals surface area contributed by atoms with Crippen molar-refractivity contribution in [2.75, 3.05) is 13.7 Å². The number of rotatable bonds is 10. The molecule has 0 fully saturated rings. The van der Waals surface area contributed by atoms with E-state index < -0.39 is 16.6 Å². The molecule has 2 aromatic carbocycles. The van der Waals surface area contributed by atoms with Gasteiger partial charge in [-0.3, -0.25) is 4.79 Å². The smallest absolute Gasteiger partial charge is 0.406 e. The summed E-state index contributed by atoms with van der Waals surface area (Å²) in [4.78, 5) is 26.0. The first-order chi connectivity index (χ1) is 15.1. The number of nitro groups is 1. The Morgan fingerprint density at radius 3 is 2.55 bits per heavy atom. The molecule has 0 atom stereocenters. The van der Waals surface area contributed by atoms with Crippen molar-refractivity contribution in [3.63, 3.8) is 0 Å². The van der Waals surface area contributed by atoms with Crippen LogP contribution in [-0.2, 0) is 17.9 Å². The third kappa shape index (κ3) is 6.17. The van der Waals surface area contributed by atoms with Crippen LogP contribution in [0.3, 0.4) is 0 Å². The van der Waals surface area contributed by atoms with Crippen LogP contribution >= 0.6 is 0 Å². The fraction of sp³-hybridized carbons (Fsp3) is 0.182. The predicted molar refractivity (Wildman–Crippen MR) is 112 cm³/mol. The van der Waals surface area contributed by atoms with Gasteiger partial charge in [0.2, 0.25) is 5.75 Å². The standard InChI is InChI=1S/C22H21N3O6/c1-29-20-12-17(9-10-18(20)30-14-16-6-3-2-4-7-16)13-24-21(26)15-31-19-8-5-11-23-22(19)25(27)28/h2-12H,13-15H2,1H3,(H,24,26). The Labute approximate surface area is 178 Å². The van der Waals surface area contributed by atoms with Crippen LogP contribution in [0.2, 0.25) is 0 Å². The molecule has 0 aliphatic carbocycles. The molecule has 160 valence electrons. The summed E-state index contributed by atoms with van der Waals surface area (Å²) in [6, 6.07) is 18.0. The number of amides is 1. The normalized spacial score (nSPS) is 10.2. The number of hydrogen-bond acceptors (Lipinski definition) is 7. The van der Waals surface area contributed by atoms with Gasteiger partial charge in [0.15, 0.2) is 18.1 Å². The summed E-state index contributed by atoms with van der Waals surface area (Å²) in [7, 11) is 1.54. The molecule has 0 aliphatic heterocycles. The van der Waals surface area contributed by atoms with E-state index in [0.29, 0.717) is 18.1 Å². The Morgan fingerprint density at radius 2 is 1.81 bits per heavy atom. The van der Waals surface area contributed by atoms with E-state index in [4.69, 9.17) is 14.2 Å². The van der Waals surface area contributed by atoms with Crippen molar-refractivity contribution < 1.29 is 23.9 Å². The molecule has 9 nitrogen and oxygen atoms in total. The summed E-state index contributed by atoms with van der Waals surface area (Å²) in [6.45, 7) is 0.264. The lowest BCUT2D eigenvalue weighted by Gasteiger charge is -2.13. The van der Waals surface area contributed by atoms with Crippen LogP contribution in [0.5, 0.6) is 17.2 Å². The van der Waals surface area contributed by atoms with Gasteiger partial charge in [0.05, 0.1) is 7.11 Å². The first-order valence-electron chi connectivity index (χ1n) is 9.39. The van der Waals surface area contributed by atoms with Crippen molar-refractivity contribution in [3.8, 4) is 17.2 Å². The van der Waals surface area contributed by atoms with Crippen LogP contribution in [0.4, 0.5) is 5.82 Å². The van der Waals surface area contributed by atoms with Crippen molar-refractivity contribution >= 4 is 11.7 Å². The van der Waals surface area contributed by atoms with Gasteiger partial charge in [-0.2, -0.15) is 0 Å². The van der Waals surface area contributed by atoms with Gasteiger partial charge in [-0.25, -0.2) is 0 Å². The summed E-state index contributed by atoms with van der Waals surface area (Å²) < 4.78 is 16.4. The van der Waals surface area contributed by atoms with Gasteiger partial charge in [0, 0.05) is 6.54 Å². The van der Waals surface area contributed by atoms with Crippen LogP contribution in [0.25, 0.3) is 0 Å². The van der Waals surface area contributed by atoms with E-state index in [9.17, 15) is 14.9 Å². The summed E-state index contributed by atoms with van der Waals surface area (Å²) >= 11 is 0. The van der Waals surface area contributed by atoms with Gasteiger partial charge in [0.25, 0.3) is 5.91 Å². The molecule has 0 radical (unpaired) electrons. The number of nitrogens with zero attached hydrogens (tertiary/aromatic N) is 2. The zero-order valence-corrected chi connectivity index (χ0v) is 16.8. The summed E-state index contributed by atoms with van der Waals surface area (Å²) in [5, 5.41) is 13.6. The van der Waals surface area contributed by atoms with Gasteiger partial charge in [-0.1, -0.05) is 36.4 Å². The van der Waals surface area contributed by atoms with Crippen molar-refractivity contribution in [2.45, 2.75) is 13.2 Å². The molecule has 1 aromatic heterocycles. The monoisotopic (exact) mass is 423 g/mol. The summed E-state index contributed by atoms with van der Waals surface area (Å²) in [6.07, 6.45) is 1.28. The number of aromatic nitrogens is 1. The van der Waals surface area contributed by atoms with Crippen molar-refractivity contribution in [1.29, 1.82) is 0 Å². The average Bonchev–Trinajstić information content (AvgIpc) is 2.81. The van der Waals surface area contributed by atoms with Crippen LogP contribution in [0.15, 0.2) is 66.9 Å². The van der Waals surface area contributed by atoms with E-state index >= 15 is 0 Å². The number of pyridine rings is 1. The minimum absolute atomic E-state index is 0.0655. The largest absolute Gasteiger partial charge is 0.493 e. The third-order valence-corrected chi connectivity index (χ3v) is 4.24. The van der Waals surface area contributed by atoms with Crippen LogP contribution in [0, 0.1) is 10.1 Å². The van der Waals surface area contributed by atoms with Crippen molar-refractivity contribution in [2.24, 2.45) is 0 Å². The second-order valence-corrected chi connectivity index (χ2v) is 6.41. The predicted octanol–water partition coefficient (Wildman–Crippen LogP) is 3.27. The highest BCUT2D eigenvalue weighted by atomic mass is 16.6. The highest BCUT2D eigenvalue weighted by molar-refractivity contribution is 5.77. The second-order valence-electron chi connectivity index (χ2n) is 6.41. The van der Waals surface area contributed by atoms with E-state index in [1.165, 1.54) is 18.3 Å². The third-order valence-electron chi connectivity index (χ3n) is 4.24. The first kappa shape index (κ1) is 21.6. The Morgan fingerprint density at radius 1 is 1.00 bits per heavy atom. The summed E-state index contributed by atoms with van der Waals surface area (Å²) in [5.41, 5.74) is 1.83. The lowest BCUT2D eigenvalue weighted by Crippen LogP contribution is -2.28. The van der Waals surface area contributed by atoms with Crippen LogP contribution < -0.4 is 19.5 Å². The Kier molecular flexibility index (Phi) is 7.36. The number of methoxy groups -OCH3 is 1. The molecule has 1 N–H and O–H groups in total. The number of ether oxygens (including phenoxy) is 3. The van der Waals surface area contributed by atoms with Gasteiger partial charge in [-0.15, -0.1) is 0 Å². The number of nitrogens with one attached hydrogen (secondary N) is 1. The molecule has 0 saturated carbocycles. The van der Waals surface area contributed by atoms with Gasteiger partial charge >= 0.3 is 5.82 Å². The van der Waals surface area contributed by atoms with Gasteiger partial charge in [-0.05, 0) is 45.3 Å². The zero-order chi connectivity index (χ0) is 22.1. The molecule has 0 unspecified atom stereocenters. The van der Waals surface area contributed by atoms with Crippen LogP contribution in [0.1, 0.15) is 11.1 Å². The minimum Gasteiger partial charge on any atom is -0.493 e. The molecular formula is C22H21N3O6. The first-order valence-corrected chi connectivity index (χ1v) is 9.39. The SMILES string of the molecule is COc1cc(CNC(=O)COc2cccnc2[N+](=O)[O-])ccc1OCc1ccccc1. The maximum absolute atomic E-state index is 12.1. The molecule has 3 rings (SSSR count). The van der Waals surface area contributed by atoms with Gasteiger partial charge in [0.1, 0.15) is 12.8 Å². The zero-order valence-electron chi connectivity index (χ0n) is 16.8. The highest BCUT2D eigenvalue weighted by Crippen LogP contribution is 2.29. The topological polar surface area (TPSA) is 113 Å². The molecule has 0 bridgehead atoms. The molecular weight excluding hydrogens is 402 g/mol. The molecule has 1 heterocycles. The lowest BCUT2D eigenvalue weighted by molar-refractivity contribution is -0.390. The lowest BCUT2D eigenvalue weighted by atomic mass is 10.2. The Bertz CT molecular complexity index is 1040. The maximum atomic E-state index is 12.1. The van der Waals surface area contributed by atoms with E-state index in [0.717, 1.165) is 11.1 Å². The number of hydrogen-bond donors (Lipinski definition) is 1. The number of benzene rings is 2. The maximum Gasteiger partial charge on any atom is 0.406 e. The summed E-state index contributed by atoms with van der Waals surface area (Å²) in [5.74, 6) is 0.204. The molecule has 0 spiro atoms. The fourth-order valence-corrected chi connectivity index (χ4v) is 2.70. The highest BCUT2D eigenvalue weighted by Gasteiger charge is 2.16. The van der Waals surface area contributed by atoms with Gasteiger partial charge < -0.3 is 29.6 Å². The molecule has 9 heteroatoms. The average molecular weight is 423 g/mol. The fourth-order valence-electron chi connectivity index (χ4n) is 2.70. The quantitative estimate of drug-likeness (QED) is 0.393. The molecule has 0 aliphatic rings. The number of carbonyl (C=O) groups excluding carboxylic acids is 1.